The highest BCUT2D eigenvalue weighted by molar-refractivity contribution is 7.98. The average Bonchev–Trinajstić information content (AvgIpc) is 3.57. The van der Waals surface area contributed by atoms with Crippen molar-refractivity contribution < 1.29 is 14.1 Å². The van der Waals surface area contributed by atoms with Crippen LogP contribution < -0.4 is 0 Å². The molecule has 50 heavy (non-hydrogen) atoms. The summed E-state index contributed by atoms with van der Waals surface area (Å²) in [7, 11) is 0. The fraction of sp³-hybridized carbons (Fsp3) is 0.467. The van der Waals surface area contributed by atoms with Crippen molar-refractivity contribution in [2.75, 3.05) is 25.2 Å². The van der Waals surface area contributed by atoms with Gasteiger partial charge in [0.1, 0.15) is 13.2 Å². The number of rotatable bonds is 20. The first kappa shape index (κ1) is 37.7. The van der Waals surface area contributed by atoms with Crippen LogP contribution in [0.5, 0.6) is 0 Å². The van der Waals surface area contributed by atoms with Crippen molar-refractivity contribution in [2.45, 2.75) is 111 Å². The van der Waals surface area contributed by atoms with E-state index in [0.29, 0.717) is 12.2 Å². The number of unbranched alkanes of at least 4 members (excludes halogenated alkanes) is 10. The highest BCUT2D eigenvalue weighted by Gasteiger charge is 2.36. The van der Waals surface area contributed by atoms with Crippen LogP contribution in [-0.2, 0) is 11.3 Å². The molecule has 0 saturated heterocycles. The fourth-order valence-corrected chi connectivity index (χ4v) is 7.99. The lowest BCUT2D eigenvalue weighted by molar-refractivity contribution is -0.438. The van der Waals surface area contributed by atoms with Crippen LogP contribution >= 0.6 is 11.8 Å². The van der Waals surface area contributed by atoms with Crippen LogP contribution in [-0.4, -0.2) is 46.0 Å². The Morgan fingerprint density at radius 1 is 0.740 bits per heavy atom. The fourth-order valence-electron chi connectivity index (χ4n) is 7.74. The Kier molecular flexibility index (Phi) is 14.4. The quantitative estimate of drug-likeness (QED) is 0.0525. The van der Waals surface area contributed by atoms with E-state index in [1.165, 1.54) is 109 Å². The number of aromatic nitrogens is 1. The molecule has 0 N–H and O–H groups in total. The maximum absolute atomic E-state index is 13.9. The lowest BCUT2D eigenvalue weighted by Gasteiger charge is -2.17. The minimum absolute atomic E-state index is 0.255. The Morgan fingerprint density at radius 3 is 2.10 bits per heavy atom. The van der Waals surface area contributed by atoms with Crippen molar-refractivity contribution in [2.24, 2.45) is 0 Å². The van der Waals surface area contributed by atoms with Crippen molar-refractivity contribution in [3.8, 4) is 0 Å². The number of esters is 1. The molecule has 1 aromatic heterocycles. The highest BCUT2D eigenvalue weighted by atomic mass is 32.2. The van der Waals surface area contributed by atoms with Gasteiger partial charge in [0.05, 0.1) is 16.7 Å². The number of nitrogens with zero attached hydrogens (tertiary/aromatic N) is 2. The van der Waals surface area contributed by atoms with Crippen molar-refractivity contribution in [3.63, 3.8) is 0 Å². The van der Waals surface area contributed by atoms with E-state index < -0.39 is 0 Å². The summed E-state index contributed by atoms with van der Waals surface area (Å²) < 4.78 is 11.0. The molecule has 5 rings (SSSR count). The summed E-state index contributed by atoms with van der Waals surface area (Å²) >= 11 is 1.69. The van der Waals surface area contributed by atoms with E-state index in [4.69, 9.17) is 4.74 Å². The standard InChI is InChI=1S/C45H59N2O2S/c1-6-8-10-12-14-22-30-46-34(3)42(38-26-18-20-28-40(38)46)44(36-24-16-17-25-37(36)45(48)49-32-33-50-5)43-35(4)47(31-23-15-13-11-9-7-2)41-29-21-19-27-39(41)43/h16-21,24-29H,6-15,22-23,30-33H2,1-5H3/q+1. The molecule has 3 aromatic carbocycles. The number of hydrogen-bond acceptors (Lipinski definition) is 3. The van der Waals surface area contributed by atoms with Crippen LogP contribution in [0.25, 0.3) is 22.0 Å². The number of thioether (sulfide) groups is 1. The Bertz CT molecular complexity index is 1800. The second-order valence-electron chi connectivity index (χ2n) is 13.8. The molecule has 4 aromatic rings. The normalized spacial score (nSPS) is 13.7. The summed E-state index contributed by atoms with van der Waals surface area (Å²) in [5.74, 6) is 0.523. The number of para-hydroxylation sites is 2. The average molecular weight is 692 g/mol. The number of carbonyl (C=O) groups is 1. The van der Waals surface area contributed by atoms with Crippen LogP contribution in [0.15, 0.2) is 72.8 Å². The monoisotopic (exact) mass is 691 g/mol. The number of allylic oxidation sites excluding steroid dienone is 1. The van der Waals surface area contributed by atoms with E-state index in [2.05, 4.69) is 97.5 Å². The third kappa shape index (κ3) is 8.65. The molecule has 0 fully saturated rings. The predicted octanol–water partition coefficient (Wildman–Crippen LogP) is 12.3. The van der Waals surface area contributed by atoms with Gasteiger partial charge in [0.2, 0.25) is 5.69 Å². The maximum atomic E-state index is 13.9. The number of ether oxygens (including phenoxy) is 1. The zero-order valence-electron chi connectivity index (χ0n) is 31.4. The minimum atomic E-state index is -0.255. The first-order chi connectivity index (χ1) is 24.5. The van der Waals surface area contributed by atoms with Gasteiger partial charge in [0, 0.05) is 59.4 Å². The summed E-state index contributed by atoms with van der Waals surface area (Å²) in [5, 5.41) is 1.24. The summed E-state index contributed by atoms with van der Waals surface area (Å²) in [6, 6.07) is 25.9. The zero-order chi connectivity index (χ0) is 35.3. The molecule has 1 aliphatic heterocycles. The molecule has 0 aliphatic carbocycles. The van der Waals surface area contributed by atoms with Crippen LogP contribution in [0.3, 0.4) is 0 Å². The molecular formula is C45H59N2O2S+. The molecule has 266 valence electrons. The van der Waals surface area contributed by atoms with Gasteiger partial charge in [-0.1, -0.05) is 120 Å². The largest absolute Gasteiger partial charge is 0.461 e. The number of benzene rings is 3. The van der Waals surface area contributed by atoms with Gasteiger partial charge in [0.25, 0.3) is 0 Å². The first-order valence-corrected chi connectivity index (χ1v) is 20.7. The summed E-state index contributed by atoms with van der Waals surface area (Å²) in [4.78, 5) is 13.9. The molecule has 0 atom stereocenters. The van der Waals surface area contributed by atoms with Crippen molar-refractivity contribution in [3.05, 3.63) is 101 Å². The highest BCUT2D eigenvalue weighted by Crippen LogP contribution is 2.46. The van der Waals surface area contributed by atoms with E-state index in [1.54, 1.807) is 11.8 Å². The summed E-state index contributed by atoms with van der Waals surface area (Å²) in [6.45, 7) is 11.5. The number of aryl methyl sites for hydroxylation is 1. The molecule has 0 bridgehead atoms. The van der Waals surface area contributed by atoms with Crippen molar-refractivity contribution in [1.29, 1.82) is 0 Å². The van der Waals surface area contributed by atoms with Gasteiger partial charge >= 0.3 is 5.97 Å². The van der Waals surface area contributed by atoms with Gasteiger partial charge < -0.3 is 9.30 Å². The van der Waals surface area contributed by atoms with Gasteiger partial charge in [-0.3, -0.25) is 0 Å². The molecule has 0 saturated carbocycles. The lowest BCUT2D eigenvalue weighted by atomic mass is 9.85. The molecule has 0 radical (unpaired) electrons. The SMILES string of the molecule is CCCCCCCCn1c(C)c(/C(=C2\C(C)=[N+](CCCCCCCC)c3ccccc32)c2ccccc2C(=O)OCCSC)c2ccccc21. The molecule has 5 heteroatoms. The second kappa shape index (κ2) is 19.2. The van der Waals surface area contributed by atoms with Gasteiger partial charge in [-0.05, 0) is 49.8 Å². The molecule has 0 amide bonds. The smallest absolute Gasteiger partial charge is 0.338 e. The summed E-state index contributed by atoms with van der Waals surface area (Å²) in [5.41, 5.74) is 11.4. The van der Waals surface area contributed by atoms with Crippen LogP contribution in [0, 0.1) is 6.92 Å². The number of carbonyl (C=O) groups excluding carboxylic acids is 1. The van der Waals surface area contributed by atoms with Gasteiger partial charge in [0.15, 0.2) is 5.71 Å². The predicted molar refractivity (Wildman–Crippen MR) is 216 cm³/mol. The third-order valence-electron chi connectivity index (χ3n) is 10.4. The van der Waals surface area contributed by atoms with E-state index in [1.807, 2.05) is 18.4 Å². The lowest BCUT2D eigenvalue weighted by Crippen LogP contribution is -2.14. The summed E-state index contributed by atoms with van der Waals surface area (Å²) in [6.07, 6.45) is 17.2. The van der Waals surface area contributed by atoms with Crippen molar-refractivity contribution in [1.82, 2.24) is 4.57 Å². The van der Waals surface area contributed by atoms with Crippen LogP contribution in [0.1, 0.15) is 131 Å². The second-order valence-corrected chi connectivity index (χ2v) is 14.8. The molecule has 2 heterocycles. The molecule has 4 nitrogen and oxygen atoms in total. The topological polar surface area (TPSA) is 34.2 Å². The third-order valence-corrected chi connectivity index (χ3v) is 10.9. The van der Waals surface area contributed by atoms with Gasteiger partial charge in [-0.15, -0.1) is 0 Å². The van der Waals surface area contributed by atoms with Crippen LogP contribution in [0.2, 0.25) is 0 Å². The van der Waals surface area contributed by atoms with Gasteiger partial charge in [-0.2, -0.15) is 16.3 Å². The minimum Gasteiger partial charge on any atom is -0.461 e. The van der Waals surface area contributed by atoms with Crippen molar-refractivity contribution >= 4 is 51.2 Å². The number of hydrogen-bond donors (Lipinski definition) is 0. The maximum Gasteiger partial charge on any atom is 0.338 e. The Hall–Kier alpha value is -3.57. The van der Waals surface area contributed by atoms with E-state index >= 15 is 0 Å². The molecule has 0 spiro atoms. The number of fused-ring (bicyclic) bond motifs is 2. The van der Waals surface area contributed by atoms with Crippen LogP contribution in [0.4, 0.5) is 5.69 Å². The van der Waals surface area contributed by atoms with E-state index in [-0.39, 0.29) is 5.97 Å². The Morgan fingerprint density at radius 2 is 1.36 bits per heavy atom. The molecule has 1 aliphatic rings. The van der Waals surface area contributed by atoms with E-state index in [0.717, 1.165) is 42.8 Å². The molecule has 0 unspecified atom stereocenters. The Balaban J connectivity index is 1.70. The van der Waals surface area contributed by atoms with Gasteiger partial charge in [-0.25, -0.2) is 4.79 Å². The molecular weight excluding hydrogens is 633 g/mol. The Labute approximate surface area is 306 Å². The zero-order valence-corrected chi connectivity index (χ0v) is 32.2. The first-order valence-electron chi connectivity index (χ1n) is 19.3. The van der Waals surface area contributed by atoms with E-state index in [9.17, 15) is 4.79 Å².